The Hall–Kier alpha value is -3.78. The van der Waals surface area contributed by atoms with Gasteiger partial charge < -0.3 is 5.32 Å². The molecular weight excluding hydrogens is 358 g/mol. The Morgan fingerprint density at radius 2 is 1.64 bits per heavy atom. The average Bonchev–Trinajstić information content (AvgIpc) is 2.69. The fourth-order valence-corrected chi connectivity index (χ4v) is 2.66. The summed E-state index contributed by atoms with van der Waals surface area (Å²) in [4.78, 5) is 12.2. The Labute approximate surface area is 161 Å². The van der Waals surface area contributed by atoms with Gasteiger partial charge in [0.05, 0.1) is 0 Å². The Morgan fingerprint density at radius 1 is 0.929 bits per heavy atom. The summed E-state index contributed by atoms with van der Waals surface area (Å²) in [6, 6.07) is 20.9. The minimum absolute atomic E-state index is 0.0674. The number of anilines is 1. The van der Waals surface area contributed by atoms with Crippen LogP contribution in [0.5, 0.6) is 0 Å². The van der Waals surface area contributed by atoms with Crippen molar-refractivity contribution < 1.29 is 13.6 Å². The lowest BCUT2D eigenvalue weighted by Gasteiger charge is -2.05. The molecule has 0 spiro atoms. The number of nitrogens with one attached hydrogen (secondary N) is 1. The molecule has 0 aliphatic heterocycles. The summed E-state index contributed by atoms with van der Waals surface area (Å²) >= 11 is 0. The van der Waals surface area contributed by atoms with Crippen LogP contribution in [0.4, 0.5) is 14.5 Å². The summed E-state index contributed by atoms with van der Waals surface area (Å²) in [5, 5.41) is 11.8. The predicted octanol–water partition coefficient (Wildman–Crippen LogP) is 5.10. The smallest absolute Gasteiger partial charge is 0.266 e. The fourth-order valence-electron chi connectivity index (χ4n) is 2.66. The Bertz CT molecular complexity index is 1050. The first-order valence-electron chi connectivity index (χ1n) is 8.55. The second-order valence-corrected chi connectivity index (χ2v) is 6.18. The summed E-state index contributed by atoms with van der Waals surface area (Å²) in [7, 11) is 0. The molecule has 0 saturated carbocycles. The van der Waals surface area contributed by atoms with Crippen LogP contribution in [-0.4, -0.2) is 5.91 Å². The van der Waals surface area contributed by atoms with Crippen molar-refractivity contribution in [1.29, 1.82) is 5.26 Å². The highest BCUT2D eigenvalue weighted by Gasteiger charge is 2.09. The first-order chi connectivity index (χ1) is 13.5. The first kappa shape index (κ1) is 19.0. The first-order valence-corrected chi connectivity index (χ1v) is 8.55. The second kappa shape index (κ2) is 8.74. The van der Waals surface area contributed by atoms with Crippen LogP contribution in [0.25, 0.3) is 6.08 Å². The molecule has 0 atom stereocenters. The molecule has 5 heteroatoms. The van der Waals surface area contributed by atoms with E-state index in [1.165, 1.54) is 42.5 Å². The number of hydrogen-bond donors (Lipinski definition) is 1. The molecule has 0 saturated heterocycles. The highest BCUT2D eigenvalue weighted by molar-refractivity contribution is 6.09. The second-order valence-electron chi connectivity index (χ2n) is 6.18. The molecule has 0 aliphatic rings. The van der Waals surface area contributed by atoms with E-state index in [1.54, 1.807) is 18.2 Å². The highest BCUT2D eigenvalue weighted by atomic mass is 19.1. The minimum atomic E-state index is -0.571. The molecule has 138 valence electrons. The van der Waals surface area contributed by atoms with Gasteiger partial charge in [-0.1, -0.05) is 36.4 Å². The lowest BCUT2D eigenvalue weighted by molar-refractivity contribution is -0.112. The van der Waals surface area contributed by atoms with Gasteiger partial charge in [0, 0.05) is 5.69 Å². The van der Waals surface area contributed by atoms with Crippen molar-refractivity contribution in [1.82, 2.24) is 0 Å². The average molecular weight is 374 g/mol. The van der Waals surface area contributed by atoms with Crippen LogP contribution >= 0.6 is 0 Å². The van der Waals surface area contributed by atoms with Crippen LogP contribution in [0.15, 0.2) is 78.4 Å². The summed E-state index contributed by atoms with van der Waals surface area (Å²) < 4.78 is 26.2. The van der Waals surface area contributed by atoms with Gasteiger partial charge in [-0.05, 0) is 65.6 Å². The number of nitriles is 1. The van der Waals surface area contributed by atoms with E-state index >= 15 is 0 Å². The van der Waals surface area contributed by atoms with Crippen LogP contribution in [0, 0.1) is 23.0 Å². The lowest BCUT2D eigenvalue weighted by atomic mass is 10.0. The van der Waals surface area contributed by atoms with Gasteiger partial charge >= 0.3 is 0 Å². The molecule has 3 aromatic rings. The van der Waals surface area contributed by atoms with Crippen molar-refractivity contribution in [3.63, 3.8) is 0 Å². The van der Waals surface area contributed by atoms with E-state index in [-0.39, 0.29) is 11.4 Å². The van der Waals surface area contributed by atoms with Gasteiger partial charge in [0.15, 0.2) is 0 Å². The van der Waals surface area contributed by atoms with E-state index in [2.05, 4.69) is 5.32 Å². The van der Waals surface area contributed by atoms with Gasteiger partial charge in [0.2, 0.25) is 0 Å². The monoisotopic (exact) mass is 374 g/mol. The lowest BCUT2D eigenvalue weighted by Crippen LogP contribution is -2.13. The fraction of sp³-hybridized carbons (Fsp3) is 0.0435. The molecule has 0 bridgehead atoms. The zero-order valence-electron chi connectivity index (χ0n) is 14.8. The molecule has 0 fully saturated rings. The van der Waals surface area contributed by atoms with Crippen molar-refractivity contribution in [2.45, 2.75) is 6.42 Å². The molecule has 1 amide bonds. The van der Waals surface area contributed by atoms with Gasteiger partial charge in [0.25, 0.3) is 5.91 Å². The maximum atomic E-state index is 13.3. The van der Waals surface area contributed by atoms with Crippen LogP contribution in [-0.2, 0) is 11.2 Å². The number of benzene rings is 3. The van der Waals surface area contributed by atoms with E-state index in [4.69, 9.17) is 0 Å². The number of rotatable bonds is 5. The van der Waals surface area contributed by atoms with Crippen molar-refractivity contribution >= 4 is 17.7 Å². The third kappa shape index (κ3) is 5.12. The van der Waals surface area contributed by atoms with Gasteiger partial charge in [0.1, 0.15) is 23.3 Å². The van der Waals surface area contributed by atoms with E-state index in [9.17, 15) is 18.8 Å². The van der Waals surface area contributed by atoms with Gasteiger partial charge in [-0.2, -0.15) is 5.26 Å². The zero-order valence-corrected chi connectivity index (χ0v) is 14.8. The van der Waals surface area contributed by atoms with Gasteiger partial charge in [-0.25, -0.2) is 8.78 Å². The van der Waals surface area contributed by atoms with Crippen molar-refractivity contribution in [3.8, 4) is 6.07 Å². The number of carbonyl (C=O) groups excluding carboxylic acids is 1. The van der Waals surface area contributed by atoms with Crippen molar-refractivity contribution in [2.24, 2.45) is 0 Å². The largest absolute Gasteiger partial charge is 0.321 e. The van der Waals surface area contributed by atoms with Crippen LogP contribution in [0.2, 0.25) is 0 Å². The van der Waals surface area contributed by atoms with Crippen LogP contribution < -0.4 is 5.32 Å². The number of carbonyl (C=O) groups is 1. The molecule has 28 heavy (non-hydrogen) atoms. The molecule has 0 aliphatic carbocycles. The third-order valence-electron chi connectivity index (χ3n) is 4.06. The molecule has 1 N–H and O–H groups in total. The Balaban J connectivity index is 1.70. The number of hydrogen-bond acceptors (Lipinski definition) is 2. The minimum Gasteiger partial charge on any atom is -0.321 e. The third-order valence-corrected chi connectivity index (χ3v) is 4.06. The van der Waals surface area contributed by atoms with E-state index in [1.807, 2.05) is 24.3 Å². The number of nitrogens with zero attached hydrogens (tertiary/aromatic N) is 1. The summed E-state index contributed by atoms with van der Waals surface area (Å²) in [5.41, 5.74) is 2.87. The molecule has 0 aromatic heterocycles. The van der Waals surface area contributed by atoms with E-state index in [0.717, 1.165) is 11.1 Å². The van der Waals surface area contributed by atoms with E-state index < -0.39 is 11.7 Å². The standard InChI is InChI=1S/C23H16F2N2O/c24-20-8-10-22(11-9-20)27-23(28)19(15-26)13-17-6-4-16(5-7-17)12-18-2-1-3-21(25)14-18/h1-11,13-14H,12H2,(H,27,28)/b19-13+. The van der Waals surface area contributed by atoms with E-state index in [0.29, 0.717) is 17.7 Å². The normalized spacial score (nSPS) is 11.0. The van der Waals surface area contributed by atoms with Gasteiger partial charge in [-0.3, -0.25) is 4.79 Å². The SMILES string of the molecule is N#C/C(=C\c1ccc(Cc2cccc(F)c2)cc1)C(=O)Nc1ccc(F)cc1. The number of halogens is 2. The summed E-state index contributed by atoms with van der Waals surface area (Å²) in [6.45, 7) is 0. The molecular formula is C23H16F2N2O. The van der Waals surface area contributed by atoms with Crippen molar-refractivity contribution in [3.05, 3.63) is 107 Å². The van der Waals surface area contributed by atoms with Crippen LogP contribution in [0.1, 0.15) is 16.7 Å². The molecule has 0 unspecified atom stereocenters. The maximum Gasteiger partial charge on any atom is 0.266 e. The number of amides is 1. The molecule has 3 rings (SSSR count). The zero-order chi connectivity index (χ0) is 19.9. The molecule has 3 aromatic carbocycles. The highest BCUT2D eigenvalue weighted by Crippen LogP contribution is 2.15. The summed E-state index contributed by atoms with van der Waals surface area (Å²) in [5.74, 6) is -1.26. The Kier molecular flexibility index (Phi) is 5.93. The molecule has 0 heterocycles. The quantitative estimate of drug-likeness (QED) is 0.499. The predicted molar refractivity (Wildman–Crippen MR) is 104 cm³/mol. The van der Waals surface area contributed by atoms with Crippen molar-refractivity contribution in [2.75, 3.05) is 5.32 Å². The summed E-state index contributed by atoms with van der Waals surface area (Å²) in [6.07, 6.45) is 2.06. The Morgan fingerprint density at radius 3 is 2.29 bits per heavy atom. The van der Waals surface area contributed by atoms with Gasteiger partial charge in [-0.15, -0.1) is 0 Å². The topological polar surface area (TPSA) is 52.9 Å². The maximum absolute atomic E-state index is 13.3. The van der Waals surface area contributed by atoms with Crippen LogP contribution in [0.3, 0.4) is 0 Å². The molecule has 0 radical (unpaired) electrons. The molecule has 3 nitrogen and oxygen atoms in total.